The van der Waals surface area contributed by atoms with Crippen LogP contribution in [0.1, 0.15) is 50.0 Å². The Hall–Kier alpha value is -2.01. The molecular formula is C22H26N4S. The van der Waals surface area contributed by atoms with Crippen LogP contribution in [0.4, 0.5) is 5.82 Å². The van der Waals surface area contributed by atoms with E-state index in [0.717, 1.165) is 17.9 Å². The lowest BCUT2D eigenvalue weighted by molar-refractivity contribution is 0.389. The number of hydrogen-bond donors (Lipinski definition) is 0. The molecule has 1 aliphatic carbocycles. The van der Waals surface area contributed by atoms with Crippen LogP contribution in [-0.2, 0) is 12.8 Å². The van der Waals surface area contributed by atoms with E-state index >= 15 is 0 Å². The van der Waals surface area contributed by atoms with Gasteiger partial charge in [0.2, 0.25) is 0 Å². The fourth-order valence-electron chi connectivity index (χ4n) is 4.56. The average Bonchev–Trinajstić information content (AvgIpc) is 3.08. The zero-order valence-corrected chi connectivity index (χ0v) is 16.9. The lowest BCUT2D eigenvalue weighted by Crippen LogP contribution is -2.41. The van der Waals surface area contributed by atoms with Crippen molar-refractivity contribution in [2.24, 2.45) is 5.92 Å². The summed E-state index contributed by atoms with van der Waals surface area (Å²) < 4.78 is 0. The third kappa shape index (κ3) is 3.02. The number of piperidine rings is 1. The Kier molecular flexibility index (Phi) is 4.35. The summed E-state index contributed by atoms with van der Waals surface area (Å²) in [6, 6.07) is 4.56. The van der Waals surface area contributed by atoms with Crippen LogP contribution in [0, 0.1) is 5.92 Å². The molecule has 0 saturated carbocycles. The summed E-state index contributed by atoms with van der Waals surface area (Å²) >= 11 is 1.90. The largest absolute Gasteiger partial charge is 0.353 e. The Morgan fingerprint density at radius 2 is 1.85 bits per heavy atom. The maximum atomic E-state index is 5.15. The molecule has 0 spiro atoms. The van der Waals surface area contributed by atoms with Crippen molar-refractivity contribution in [1.82, 2.24) is 15.0 Å². The fourth-order valence-corrected chi connectivity index (χ4v) is 5.82. The van der Waals surface area contributed by atoms with Crippen molar-refractivity contribution in [3.63, 3.8) is 0 Å². The Balaban J connectivity index is 1.74. The second kappa shape index (κ2) is 6.86. The number of rotatable bonds is 2. The molecule has 0 N–H and O–H groups in total. The van der Waals surface area contributed by atoms with Gasteiger partial charge in [-0.2, -0.15) is 0 Å². The normalized spacial score (nSPS) is 22.8. The SMILES string of the molecule is C[C@@H]1CC[C@@H](C)N(c2nc(-c3ccncc3)nc3sc4c(c23)CCCC4)C1. The van der Waals surface area contributed by atoms with Crippen molar-refractivity contribution in [3.8, 4) is 11.4 Å². The molecule has 0 bridgehead atoms. The molecule has 0 amide bonds. The van der Waals surface area contributed by atoms with Crippen LogP contribution in [0.25, 0.3) is 21.6 Å². The van der Waals surface area contributed by atoms with Gasteiger partial charge >= 0.3 is 0 Å². The molecular weight excluding hydrogens is 352 g/mol. The zero-order chi connectivity index (χ0) is 18.4. The van der Waals surface area contributed by atoms with Gasteiger partial charge in [-0.1, -0.05) is 6.92 Å². The van der Waals surface area contributed by atoms with Crippen LogP contribution in [0.2, 0.25) is 0 Å². The maximum absolute atomic E-state index is 5.15. The second-order valence-electron chi connectivity index (χ2n) is 8.18. The highest BCUT2D eigenvalue weighted by Crippen LogP contribution is 2.42. The highest BCUT2D eigenvalue weighted by atomic mass is 32.1. The molecule has 1 fully saturated rings. The molecule has 1 aliphatic heterocycles. The summed E-state index contributed by atoms with van der Waals surface area (Å²) in [7, 11) is 0. The highest BCUT2D eigenvalue weighted by molar-refractivity contribution is 7.19. The van der Waals surface area contributed by atoms with Crippen molar-refractivity contribution in [2.75, 3.05) is 11.4 Å². The lowest BCUT2D eigenvalue weighted by atomic mass is 9.93. The van der Waals surface area contributed by atoms with Gasteiger partial charge < -0.3 is 4.90 Å². The molecule has 5 rings (SSSR count). The first kappa shape index (κ1) is 17.1. The fraction of sp³-hybridized carbons (Fsp3) is 0.500. The highest BCUT2D eigenvalue weighted by Gasteiger charge is 2.29. The molecule has 2 atom stereocenters. The topological polar surface area (TPSA) is 41.9 Å². The third-order valence-corrected chi connectivity index (χ3v) is 7.31. The standard InChI is InChI=1S/C22H26N4S/c1-14-7-8-15(2)26(13-14)21-19-17-5-3-4-6-18(17)27-22(19)25-20(24-21)16-9-11-23-12-10-16/h9-12,14-15H,3-8,13H2,1-2H3/t14-,15-/m1/s1. The molecule has 0 radical (unpaired) electrons. The second-order valence-corrected chi connectivity index (χ2v) is 9.27. The van der Waals surface area contributed by atoms with E-state index in [9.17, 15) is 0 Å². The Morgan fingerprint density at radius 3 is 2.70 bits per heavy atom. The Labute approximate surface area is 164 Å². The van der Waals surface area contributed by atoms with E-state index in [1.54, 1.807) is 0 Å². The van der Waals surface area contributed by atoms with Crippen molar-refractivity contribution in [2.45, 2.75) is 58.4 Å². The van der Waals surface area contributed by atoms with E-state index in [4.69, 9.17) is 9.97 Å². The predicted molar refractivity (Wildman–Crippen MR) is 112 cm³/mol. The third-order valence-electron chi connectivity index (χ3n) is 6.12. The summed E-state index contributed by atoms with van der Waals surface area (Å²) in [6.45, 7) is 5.81. The van der Waals surface area contributed by atoms with E-state index < -0.39 is 0 Å². The first-order valence-corrected chi connectivity index (χ1v) is 11.0. The first-order valence-electron chi connectivity index (χ1n) is 10.2. The molecule has 2 aliphatic rings. The smallest absolute Gasteiger partial charge is 0.163 e. The van der Waals surface area contributed by atoms with E-state index in [2.05, 4.69) is 23.7 Å². The van der Waals surface area contributed by atoms with Crippen molar-refractivity contribution >= 4 is 27.4 Å². The molecule has 4 nitrogen and oxygen atoms in total. The van der Waals surface area contributed by atoms with Gasteiger partial charge in [-0.05, 0) is 69.1 Å². The van der Waals surface area contributed by atoms with Gasteiger partial charge in [-0.25, -0.2) is 9.97 Å². The predicted octanol–water partition coefficient (Wildman–Crippen LogP) is 5.26. The van der Waals surface area contributed by atoms with E-state index in [1.807, 2.05) is 35.9 Å². The van der Waals surface area contributed by atoms with E-state index in [0.29, 0.717) is 12.0 Å². The summed E-state index contributed by atoms with van der Waals surface area (Å²) in [5.74, 6) is 2.72. The minimum atomic E-state index is 0.531. The van der Waals surface area contributed by atoms with E-state index in [-0.39, 0.29) is 0 Å². The molecule has 3 aromatic rings. The van der Waals surface area contributed by atoms with Crippen LogP contribution >= 0.6 is 11.3 Å². The number of aromatic nitrogens is 3. The van der Waals surface area contributed by atoms with Gasteiger partial charge in [0, 0.05) is 35.4 Å². The number of pyridine rings is 1. The van der Waals surface area contributed by atoms with Gasteiger partial charge in [0.15, 0.2) is 5.82 Å². The first-order chi connectivity index (χ1) is 13.2. The van der Waals surface area contributed by atoms with Gasteiger partial charge in [0.1, 0.15) is 10.6 Å². The molecule has 3 aromatic heterocycles. The van der Waals surface area contributed by atoms with Crippen LogP contribution in [0.15, 0.2) is 24.5 Å². The Bertz CT molecular complexity index is 965. The molecule has 0 aromatic carbocycles. The average molecular weight is 379 g/mol. The molecule has 0 unspecified atom stereocenters. The van der Waals surface area contributed by atoms with Crippen LogP contribution in [0.5, 0.6) is 0 Å². The van der Waals surface area contributed by atoms with Gasteiger partial charge in [0.25, 0.3) is 0 Å². The lowest BCUT2D eigenvalue weighted by Gasteiger charge is -2.38. The quantitative estimate of drug-likeness (QED) is 0.610. The van der Waals surface area contributed by atoms with Crippen LogP contribution in [-0.4, -0.2) is 27.5 Å². The van der Waals surface area contributed by atoms with Gasteiger partial charge in [-0.3, -0.25) is 4.98 Å². The van der Waals surface area contributed by atoms with Gasteiger partial charge in [0.05, 0.1) is 5.39 Å². The van der Waals surface area contributed by atoms with Crippen LogP contribution in [0.3, 0.4) is 0 Å². The maximum Gasteiger partial charge on any atom is 0.163 e. The molecule has 5 heteroatoms. The number of fused-ring (bicyclic) bond motifs is 3. The minimum Gasteiger partial charge on any atom is -0.353 e. The zero-order valence-electron chi connectivity index (χ0n) is 16.1. The number of hydrogen-bond acceptors (Lipinski definition) is 5. The molecule has 1 saturated heterocycles. The Morgan fingerprint density at radius 1 is 1.04 bits per heavy atom. The van der Waals surface area contributed by atoms with Crippen molar-refractivity contribution in [1.29, 1.82) is 0 Å². The number of nitrogens with zero attached hydrogens (tertiary/aromatic N) is 4. The molecule has 140 valence electrons. The van der Waals surface area contributed by atoms with E-state index in [1.165, 1.54) is 65.0 Å². The summed E-state index contributed by atoms with van der Waals surface area (Å²) in [4.78, 5) is 19.6. The summed E-state index contributed by atoms with van der Waals surface area (Å²) in [6.07, 6.45) is 11.2. The number of anilines is 1. The summed E-state index contributed by atoms with van der Waals surface area (Å²) in [5.41, 5.74) is 2.58. The van der Waals surface area contributed by atoms with Crippen molar-refractivity contribution in [3.05, 3.63) is 35.0 Å². The minimum absolute atomic E-state index is 0.531. The monoisotopic (exact) mass is 378 g/mol. The van der Waals surface area contributed by atoms with Gasteiger partial charge in [-0.15, -0.1) is 11.3 Å². The molecule has 4 heterocycles. The summed E-state index contributed by atoms with van der Waals surface area (Å²) in [5, 5.41) is 1.34. The molecule has 27 heavy (non-hydrogen) atoms. The number of thiophene rings is 1. The van der Waals surface area contributed by atoms with Crippen LogP contribution < -0.4 is 4.90 Å². The number of aryl methyl sites for hydroxylation is 2. The van der Waals surface area contributed by atoms with Crippen molar-refractivity contribution < 1.29 is 0 Å².